The van der Waals surface area contributed by atoms with Crippen LogP contribution in [0.1, 0.15) is 38.3 Å². The van der Waals surface area contributed by atoms with Crippen LogP contribution in [0.3, 0.4) is 0 Å². The van der Waals surface area contributed by atoms with Gasteiger partial charge in [0.1, 0.15) is 0 Å². The quantitative estimate of drug-likeness (QED) is 0.810. The highest BCUT2D eigenvalue weighted by molar-refractivity contribution is 8.13. The minimum absolute atomic E-state index is 0.108. The fraction of sp³-hybridized carbons (Fsp3) is 0.529. The number of hydrogen-bond acceptors (Lipinski definition) is 3. The van der Waals surface area contributed by atoms with Crippen molar-refractivity contribution in [2.75, 3.05) is 17.2 Å². The van der Waals surface area contributed by atoms with Gasteiger partial charge in [-0.25, -0.2) is 0 Å². The van der Waals surface area contributed by atoms with Crippen molar-refractivity contribution >= 4 is 40.1 Å². The zero-order valence-corrected chi connectivity index (χ0v) is 14.9. The van der Waals surface area contributed by atoms with Crippen LogP contribution in [-0.4, -0.2) is 23.3 Å². The Morgan fingerprint density at radius 3 is 2.68 bits per heavy atom. The lowest BCUT2D eigenvalue weighted by Gasteiger charge is -2.24. The van der Waals surface area contributed by atoms with Gasteiger partial charge in [-0.15, -0.1) is 0 Å². The highest BCUT2D eigenvalue weighted by Gasteiger charge is 2.33. The van der Waals surface area contributed by atoms with E-state index in [1.54, 1.807) is 6.92 Å². The number of halogens is 1. The molecule has 3 nitrogen and oxygen atoms in total. The van der Waals surface area contributed by atoms with Crippen LogP contribution in [0.2, 0.25) is 5.02 Å². The van der Waals surface area contributed by atoms with E-state index in [1.165, 1.54) is 11.8 Å². The average molecular weight is 340 g/mol. The van der Waals surface area contributed by atoms with Gasteiger partial charge < -0.3 is 4.90 Å². The first-order valence-electron chi connectivity index (χ1n) is 7.71. The molecule has 1 heterocycles. The van der Waals surface area contributed by atoms with Crippen LogP contribution in [0.15, 0.2) is 12.1 Å². The maximum Gasteiger partial charge on any atom is 0.227 e. The number of carbonyl (C=O) groups excluding carboxylic acids is 2. The Morgan fingerprint density at radius 2 is 2.09 bits per heavy atom. The fourth-order valence-electron chi connectivity index (χ4n) is 2.96. The van der Waals surface area contributed by atoms with Gasteiger partial charge in [-0.2, -0.15) is 0 Å². The number of nitrogens with zero attached hydrogens (tertiary/aromatic N) is 1. The van der Waals surface area contributed by atoms with Crippen LogP contribution in [-0.2, 0) is 22.4 Å². The second-order valence-electron chi connectivity index (χ2n) is 5.62. The summed E-state index contributed by atoms with van der Waals surface area (Å²) in [4.78, 5) is 25.5. The van der Waals surface area contributed by atoms with Crippen molar-refractivity contribution in [2.45, 2.75) is 40.0 Å². The summed E-state index contributed by atoms with van der Waals surface area (Å²) in [6.07, 6.45) is 2.19. The Hall–Kier alpha value is -1.00. The molecule has 1 saturated heterocycles. The summed E-state index contributed by atoms with van der Waals surface area (Å²) in [7, 11) is 0. The highest BCUT2D eigenvalue weighted by atomic mass is 35.5. The smallest absolute Gasteiger partial charge is 0.227 e. The fourth-order valence-corrected chi connectivity index (χ4v) is 3.94. The van der Waals surface area contributed by atoms with Gasteiger partial charge in [0, 0.05) is 30.7 Å². The molecule has 1 aromatic carbocycles. The molecule has 22 heavy (non-hydrogen) atoms. The molecule has 0 N–H and O–H groups in total. The molecule has 0 aromatic heterocycles. The van der Waals surface area contributed by atoms with Crippen molar-refractivity contribution in [3.05, 3.63) is 28.3 Å². The van der Waals surface area contributed by atoms with Gasteiger partial charge in [0.25, 0.3) is 0 Å². The van der Waals surface area contributed by atoms with Crippen molar-refractivity contribution < 1.29 is 9.59 Å². The Labute approximate surface area is 141 Å². The first-order chi connectivity index (χ1) is 10.5. The molecule has 1 aliphatic rings. The Kier molecular flexibility index (Phi) is 5.93. The van der Waals surface area contributed by atoms with Gasteiger partial charge >= 0.3 is 0 Å². The highest BCUT2D eigenvalue weighted by Crippen LogP contribution is 2.36. The molecule has 2 rings (SSSR count). The summed E-state index contributed by atoms with van der Waals surface area (Å²) in [5, 5.41) is 0.834. The minimum Gasteiger partial charge on any atom is -0.311 e. The Bertz CT molecular complexity index is 588. The Balaban J connectivity index is 2.29. The van der Waals surface area contributed by atoms with Crippen LogP contribution < -0.4 is 4.90 Å². The number of aryl methyl sites for hydroxylation is 1. The van der Waals surface area contributed by atoms with Gasteiger partial charge in [-0.3, -0.25) is 9.59 Å². The molecule has 0 radical (unpaired) electrons. The summed E-state index contributed by atoms with van der Waals surface area (Å²) < 4.78 is 0. The van der Waals surface area contributed by atoms with E-state index in [9.17, 15) is 9.59 Å². The lowest BCUT2D eigenvalue weighted by molar-refractivity contribution is -0.117. The van der Waals surface area contributed by atoms with E-state index in [1.807, 2.05) is 17.0 Å². The van der Waals surface area contributed by atoms with Crippen molar-refractivity contribution in [3.63, 3.8) is 0 Å². The second kappa shape index (κ2) is 7.51. The van der Waals surface area contributed by atoms with Crippen molar-refractivity contribution in [3.8, 4) is 0 Å². The van der Waals surface area contributed by atoms with Gasteiger partial charge in [-0.1, -0.05) is 43.3 Å². The number of carbonyl (C=O) groups is 2. The number of benzene rings is 1. The number of amides is 1. The summed E-state index contributed by atoms with van der Waals surface area (Å²) >= 11 is 7.64. The van der Waals surface area contributed by atoms with E-state index in [0.717, 1.165) is 34.7 Å². The molecule has 0 saturated carbocycles. The molecule has 1 unspecified atom stereocenters. The molecule has 5 heteroatoms. The van der Waals surface area contributed by atoms with E-state index in [4.69, 9.17) is 11.6 Å². The lowest BCUT2D eigenvalue weighted by atomic mass is 10.0. The molecule has 1 amide bonds. The Morgan fingerprint density at radius 1 is 1.36 bits per heavy atom. The summed E-state index contributed by atoms with van der Waals surface area (Å²) in [5.41, 5.74) is 3.21. The van der Waals surface area contributed by atoms with E-state index in [0.29, 0.717) is 18.7 Å². The monoisotopic (exact) mass is 339 g/mol. The predicted octanol–water partition coefficient (Wildman–Crippen LogP) is 4.10. The topological polar surface area (TPSA) is 37.4 Å². The van der Waals surface area contributed by atoms with E-state index in [-0.39, 0.29) is 16.9 Å². The van der Waals surface area contributed by atoms with E-state index in [2.05, 4.69) is 13.8 Å². The van der Waals surface area contributed by atoms with Crippen LogP contribution in [0.25, 0.3) is 0 Å². The van der Waals surface area contributed by atoms with Gasteiger partial charge in [0.15, 0.2) is 5.12 Å². The number of hydrogen-bond donors (Lipinski definition) is 0. The molecule has 0 spiro atoms. The summed E-state index contributed by atoms with van der Waals surface area (Å²) in [6.45, 7) is 6.41. The number of anilines is 1. The third-order valence-electron chi connectivity index (χ3n) is 4.04. The van der Waals surface area contributed by atoms with Crippen LogP contribution in [0.5, 0.6) is 0 Å². The average Bonchev–Trinajstić information content (AvgIpc) is 2.85. The molecular weight excluding hydrogens is 318 g/mol. The number of thioether (sulfide) groups is 1. The third kappa shape index (κ3) is 3.66. The van der Waals surface area contributed by atoms with E-state index >= 15 is 0 Å². The molecule has 0 aliphatic carbocycles. The SMILES string of the molecule is CCc1ccc(Cl)c(CC)c1N1CC(CSC(C)=O)CC1=O. The minimum atomic E-state index is 0.108. The zero-order valence-electron chi connectivity index (χ0n) is 13.3. The lowest BCUT2D eigenvalue weighted by Crippen LogP contribution is -2.27. The van der Waals surface area contributed by atoms with Crippen molar-refractivity contribution in [2.24, 2.45) is 5.92 Å². The van der Waals surface area contributed by atoms with Gasteiger partial charge in [-0.05, 0) is 36.0 Å². The zero-order chi connectivity index (χ0) is 16.3. The van der Waals surface area contributed by atoms with Crippen molar-refractivity contribution in [1.82, 2.24) is 0 Å². The number of rotatable bonds is 5. The molecule has 1 aliphatic heterocycles. The molecule has 1 aromatic rings. The largest absolute Gasteiger partial charge is 0.311 e. The normalized spacial score (nSPS) is 18.1. The molecule has 0 bridgehead atoms. The van der Waals surface area contributed by atoms with Gasteiger partial charge in [0.05, 0.1) is 5.69 Å². The first kappa shape index (κ1) is 17.4. The van der Waals surface area contributed by atoms with Crippen LogP contribution in [0, 0.1) is 5.92 Å². The van der Waals surface area contributed by atoms with Crippen molar-refractivity contribution in [1.29, 1.82) is 0 Å². The summed E-state index contributed by atoms with van der Waals surface area (Å²) in [6, 6.07) is 3.94. The third-order valence-corrected chi connectivity index (χ3v) is 5.44. The standard InChI is InChI=1S/C17H22ClNO2S/c1-4-13-6-7-15(18)14(5-2)17(13)19-9-12(8-16(19)21)10-22-11(3)20/h6-7,12H,4-5,8-10H2,1-3H3. The van der Waals surface area contributed by atoms with Crippen LogP contribution in [0.4, 0.5) is 5.69 Å². The maximum absolute atomic E-state index is 12.5. The predicted molar refractivity (Wildman–Crippen MR) is 93.8 cm³/mol. The van der Waals surface area contributed by atoms with E-state index < -0.39 is 0 Å². The van der Waals surface area contributed by atoms with Crippen LogP contribution >= 0.6 is 23.4 Å². The maximum atomic E-state index is 12.5. The second-order valence-corrected chi connectivity index (χ2v) is 7.22. The van der Waals surface area contributed by atoms with Gasteiger partial charge in [0.2, 0.25) is 5.91 Å². The molecular formula is C17H22ClNO2S. The first-order valence-corrected chi connectivity index (χ1v) is 9.08. The molecule has 1 atom stereocenters. The summed E-state index contributed by atoms with van der Waals surface area (Å²) in [5.74, 6) is 1.08. The molecule has 120 valence electrons. The molecule has 1 fully saturated rings.